The summed E-state index contributed by atoms with van der Waals surface area (Å²) in [4.78, 5) is 10.4. The van der Waals surface area contributed by atoms with Crippen LogP contribution in [-0.2, 0) is 4.74 Å². The zero-order chi connectivity index (χ0) is 10.4. The fraction of sp³-hybridized carbons (Fsp3) is 0.200. The van der Waals surface area contributed by atoms with E-state index in [-0.39, 0.29) is 0 Å². The molecule has 0 aliphatic rings. The first-order chi connectivity index (χ1) is 6.72. The minimum absolute atomic E-state index is 0.437. The van der Waals surface area contributed by atoms with Crippen LogP contribution in [0, 0.1) is 6.42 Å². The molecule has 1 rings (SSSR count). The number of ether oxygens (including phenoxy) is 2. The molecule has 75 valence electrons. The van der Waals surface area contributed by atoms with Gasteiger partial charge in [0.05, 0.1) is 6.61 Å². The summed E-state index contributed by atoms with van der Waals surface area (Å²) in [5.41, 5.74) is 5.86. The summed E-state index contributed by atoms with van der Waals surface area (Å²) in [6, 6.07) is 6.98. The lowest BCUT2D eigenvalue weighted by Gasteiger charge is -2.02. The van der Waals surface area contributed by atoms with Crippen LogP contribution < -0.4 is 10.5 Å². The van der Waals surface area contributed by atoms with Gasteiger partial charge in [-0.2, -0.15) is 0 Å². The minimum atomic E-state index is -0.807. The molecule has 1 amide bonds. The van der Waals surface area contributed by atoms with Crippen LogP contribution in [0.2, 0.25) is 0 Å². The first-order valence-corrected chi connectivity index (χ1v) is 4.12. The van der Waals surface area contributed by atoms with Gasteiger partial charge < -0.3 is 15.2 Å². The third-order valence-electron chi connectivity index (χ3n) is 1.58. The van der Waals surface area contributed by atoms with Gasteiger partial charge in [-0.3, -0.25) is 0 Å². The Labute approximate surface area is 82.6 Å². The average molecular weight is 194 g/mol. The third kappa shape index (κ3) is 3.45. The third-order valence-corrected chi connectivity index (χ3v) is 1.58. The maximum absolute atomic E-state index is 10.4. The SMILES string of the molecule is COC[CH]c1ccc(OC(N)=O)cc1. The Morgan fingerprint density at radius 3 is 2.57 bits per heavy atom. The molecule has 0 saturated carbocycles. The molecule has 1 aromatic carbocycles. The van der Waals surface area contributed by atoms with Crippen molar-refractivity contribution in [3.8, 4) is 5.75 Å². The van der Waals surface area contributed by atoms with E-state index in [9.17, 15) is 4.79 Å². The molecule has 4 nitrogen and oxygen atoms in total. The Bertz CT molecular complexity index is 295. The topological polar surface area (TPSA) is 61.6 Å². The number of carbonyl (C=O) groups is 1. The van der Waals surface area contributed by atoms with Crippen LogP contribution in [0.3, 0.4) is 0 Å². The molecule has 2 N–H and O–H groups in total. The molecule has 0 aliphatic heterocycles. The molecule has 0 aromatic heterocycles. The van der Waals surface area contributed by atoms with Crippen LogP contribution >= 0.6 is 0 Å². The highest BCUT2D eigenvalue weighted by atomic mass is 16.5. The number of hydrogen-bond acceptors (Lipinski definition) is 3. The van der Waals surface area contributed by atoms with Crippen LogP contribution in [0.4, 0.5) is 4.79 Å². The number of rotatable bonds is 4. The fourth-order valence-corrected chi connectivity index (χ4v) is 0.968. The smallest absolute Gasteiger partial charge is 0.409 e. The van der Waals surface area contributed by atoms with Crippen molar-refractivity contribution in [2.24, 2.45) is 5.73 Å². The zero-order valence-corrected chi connectivity index (χ0v) is 7.90. The van der Waals surface area contributed by atoms with Crippen LogP contribution in [0.1, 0.15) is 5.56 Å². The Hall–Kier alpha value is -1.55. The first kappa shape index (κ1) is 10.5. The van der Waals surface area contributed by atoms with Crippen molar-refractivity contribution in [1.29, 1.82) is 0 Å². The summed E-state index contributed by atoms with van der Waals surface area (Å²) in [6.45, 7) is 0.552. The lowest BCUT2D eigenvalue weighted by Crippen LogP contribution is -2.16. The van der Waals surface area contributed by atoms with Crippen molar-refractivity contribution in [2.75, 3.05) is 13.7 Å². The number of methoxy groups -OCH3 is 1. The highest BCUT2D eigenvalue weighted by Crippen LogP contribution is 2.13. The average Bonchev–Trinajstić information content (AvgIpc) is 2.16. The van der Waals surface area contributed by atoms with Gasteiger partial charge in [0.15, 0.2) is 0 Å². The second kappa shape index (κ2) is 5.24. The maximum Gasteiger partial charge on any atom is 0.409 e. The zero-order valence-electron chi connectivity index (χ0n) is 7.90. The molecule has 0 fully saturated rings. The molecule has 0 bridgehead atoms. The predicted molar refractivity (Wildman–Crippen MR) is 51.9 cm³/mol. The van der Waals surface area contributed by atoms with Crippen molar-refractivity contribution >= 4 is 6.09 Å². The van der Waals surface area contributed by atoms with E-state index < -0.39 is 6.09 Å². The normalized spacial score (nSPS) is 9.79. The van der Waals surface area contributed by atoms with Gasteiger partial charge in [0.25, 0.3) is 0 Å². The molecular formula is C10H12NO3. The Kier molecular flexibility index (Phi) is 3.94. The van der Waals surface area contributed by atoms with E-state index in [0.717, 1.165) is 5.56 Å². The van der Waals surface area contributed by atoms with Gasteiger partial charge >= 0.3 is 6.09 Å². The number of nitrogens with two attached hydrogens (primary N) is 1. The van der Waals surface area contributed by atoms with Gasteiger partial charge in [0, 0.05) is 13.5 Å². The van der Waals surface area contributed by atoms with Gasteiger partial charge in [-0.15, -0.1) is 0 Å². The van der Waals surface area contributed by atoms with E-state index in [4.69, 9.17) is 10.5 Å². The second-order valence-corrected chi connectivity index (χ2v) is 2.65. The van der Waals surface area contributed by atoms with Gasteiger partial charge in [0.2, 0.25) is 0 Å². The van der Waals surface area contributed by atoms with Crippen molar-refractivity contribution < 1.29 is 14.3 Å². The number of primary amides is 1. The summed E-state index contributed by atoms with van der Waals surface area (Å²) in [6.07, 6.45) is 1.10. The van der Waals surface area contributed by atoms with E-state index in [1.165, 1.54) is 0 Å². The Morgan fingerprint density at radius 2 is 2.07 bits per heavy atom. The van der Waals surface area contributed by atoms with Gasteiger partial charge in [0.1, 0.15) is 5.75 Å². The molecule has 0 atom stereocenters. The number of benzene rings is 1. The number of hydrogen-bond donors (Lipinski definition) is 1. The standard InChI is InChI=1S/C10H12NO3/c1-13-7-6-8-2-4-9(5-3-8)14-10(11)12/h2-6H,7H2,1H3,(H2,11,12). The monoisotopic (exact) mass is 194 g/mol. The maximum atomic E-state index is 10.4. The molecule has 0 aliphatic carbocycles. The molecule has 0 saturated heterocycles. The van der Waals surface area contributed by atoms with Crippen LogP contribution in [0.15, 0.2) is 24.3 Å². The fourth-order valence-electron chi connectivity index (χ4n) is 0.968. The molecule has 0 spiro atoms. The highest BCUT2D eigenvalue weighted by molar-refractivity contribution is 5.68. The Morgan fingerprint density at radius 1 is 1.43 bits per heavy atom. The van der Waals surface area contributed by atoms with E-state index >= 15 is 0 Å². The van der Waals surface area contributed by atoms with Crippen molar-refractivity contribution in [3.63, 3.8) is 0 Å². The number of carbonyl (C=O) groups excluding carboxylic acids is 1. The first-order valence-electron chi connectivity index (χ1n) is 4.12. The minimum Gasteiger partial charge on any atom is -0.411 e. The van der Waals surface area contributed by atoms with Gasteiger partial charge in [-0.05, 0) is 17.7 Å². The quantitative estimate of drug-likeness (QED) is 0.786. The molecule has 1 radical (unpaired) electrons. The molecule has 0 unspecified atom stereocenters. The van der Waals surface area contributed by atoms with E-state index in [1.807, 2.05) is 18.6 Å². The summed E-state index contributed by atoms with van der Waals surface area (Å²) >= 11 is 0. The largest absolute Gasteiger partial charge is 0.411 e. The predicted octanol–water partition coefficient (Wildman–Crippen LogP) is 1.34. The van der Waals surface area contributed by atoms with E-state index in [2.05, 4.69) is 4.74 Å². The van der Waals surface area contributed by atoms with E-state index in [1.54, 1.807) is 19.2 Å². The summed E-state index contributed by atoms with van der Waals surface area (Å²) in [7, 11) is 1.63. The molecule has 1 aromatic rings. The molecule has 14 heavy (non-hydrogen) atoms. The molecule has 0 heterocycles. The van der Waals surface area contributed by atoms with Gasteiger partial charge in [-0.1, -0.05) is 12.1 Å². The van der Waals surface area contributed by atoms with Gasteiger partial charge in [-0.25, -0.2) is 4.79 Å². The summed E-state index contributed by atoms with van der Waals surface area (Å²) < 4.78 is 9.55. The van der Waals surface area contributed by atoms with Crippen molar-refractivity contribution in [1.82, 2.24) is 0 Å². The van der Waals surface area contributed by atoms with E-state index in [0.29, 0.717) is 12.4 Å². The van der Waals surface area contributed by atoms with Crippen LogP contribution in [0.5, 0.6) is 5.75 Å². The summed E-state index contributed by atoms with van der Waals surface area (Å²) in [5, 5.41) is 0. The molecule has 4 heteroatoms. The highest BCUT2D eigenvalue weighted by Gasteiger charge is 1.98. The lowest BCUT2D eigenvalue weighted by atomic mass is 10.1. The lowest BCUT2D eigenvalue weighted by molar-refractivity contribution is 0.211. The molecular weight excluding hydrogens is 182 g/mol. The second-order valence-electron chi connectivity index (χ2n) is 2.65. The van der Waals surface area contributed by atoms with Crippen molar-refractivity contribution in [3.05, 3.63) is 36.2 Å². The number of amides is 1. The Balaban J connectivity index is 2.54. The van der Waals surface area contributed by atoms with Crippen LogP contribution in [0.25, 0.3) is 0 Å². The van der Waals surface area contributed by atoms with Crippen LogP contribution in [-0.4, -0.2) is 19.8 Å². The summed E-state index contributed by atoms with van der Waals surface area (Å²) in [5.74, 6) is 0.437. The van der Waals surface area contributed by atoms with Crippen molar-refractivity contribution in [2.45, 2.75) is 0 Å².